The van der Waals surface area contributed by atoms with Crippen molar-refractivity contribution >= 4 is 28.6 Å². The fourth-order valence-corrected chi connectivity index (χ4v) is 4.27. The van der Waals surface area contributed by atoms with E-state index in [2.05, 4.69) is 46.7 Å². The van der Waals surface area contributed by atoms with Gasteiger partial charge in [-0.1, -0.05) is 48.6 Å². The van der Waals surface area contributed by atoms with E-state index in [1.807, 2.05) is 49.7 Å². The Balaban J connectivity index is 1.51. The molecular formula is C26H21N6+. The standard InChI is InChI=1S/C26H21N6/c1-28-22-15-21(17-6-3-2-4-7-17)30-23-14-19(10-11-20(22)23)26-31-25(18-8-5-9-18)24-16-29-12-13-32(24,26)27/h2-16H,27H2,1H3,(H,28,30)/q+1. The molecule has 6 rings (SSSR count). The molecule has 3 aromatic rings. The van der Waals surface area contributed by atoms with Gasteiger partial charge in [0.15, 0.2) is 0 Å². The molecule has 2 aliphatic heterocycles. The number of rotatable bonds is 4. The van der Waals surface area contributed by atoms with E-state index in [1.54, 1.807) is 12.4 Å². The highest BCUT2D eigenvalue weighted by Gasteiger charge is 2.44. The first-order valence-corrected chi connectivity index (χ1v) is 10.5. The van der Waals surface area contributed by atoms with Crippen molar-refractivity contribution in [2.24, 2.45) is 15.8 Å². The van der Waals surface area contributed by atoms with Crippen LogP contribution in [0.1, 0.15) is 5.56 Å². The van der Waals surface area contributed by atoms with Crippen molar-refractivity contribution < 1.29 is 4.59 Å². The van der Waals surface area contributed by atoms with E-state index >= 15 is 0 Å². The summed E-state index contributed by atoms with van der Waals surface area (Å²) >= 11 is 0. The van der Waals surface area contributed by atoms with Crippen molar-refractivity contribution in [1.82, 2.24) is 4.98 Å². The highest BCUT2D eigenvalue weighted by Crippen LogP contribution is 2.37. The normalized spacial score (nSPS) is 20.8. The van der Waals surface area contributed by atoms with E-state index in [9.17, 15) is 0 Å². The Morgan fingerprint density at radius 1 is 1.00 bits per heavy atom. The van der Waals surface area contributed by atoms with Gasteiger partial charge in [-0.25, -0.2) is 4.98 Å². The maximum atomic E-state index is 6.86. The van der Waals surface area contributed by atoms with Gasteiger partial charge in [0.05, 0.1) is 29.2 Å². The minimum absolute atomic E-state index is 0.00716. The van der Waals surface area contributed by atoms with Gasteiger partial charge in [0, 0.05) is 29.3 Å². The van der Waals surface area contributed by atoms with Gasteiger partial charge in [0.1, 0.15) is 11.9 Å². The molecule has 6 nitrogen and oxygen atoms in total. The van der Waals surface area contributed by atoms with Crippen molar-refractivity contribution in [2.45, 2.75) is 0 Å². The van der Waals surface area contributed by atoms with Crippen LogP contribution in [0.15, 0.2) is 112 Å². The van der Waals surface area contributed by atoms with Gasteiger partial charge in [0.2, 0.25) is 5.70 Å². The predicted molar refractivity (Wildman–Crippen MR) is 130 cm³/mol. The van der Waals surface area contributed by atoms with E-state index in [4.69, 9.17) is 15.8 Å². The van der Waals surface area contributed by atoms with Crippen LogP contribution in [0, 0.1) is 0 Å². The number of allylic oxidation sites excluding steroid dienone is 4. The summed E-state index contributed by atoms with van der Waals surface area (Å²) in [5, 5.41) is 4.36. The van der Waals surface area contributed by atoms with Crippen molar-refractivity contribution in [3.05, 3.63) is 108 Å². The number of aromatic nitrogens is 1. The fraction of sp³-hybridized carbons (Fsp3) is 0.0385. The zero-order valence-corrected chi connectivity index (χ0v) is 17.5. The van der Waals surface area contributed by atoms with Crippen molar-refractivity contribution in [3.63, 3.8) is 0 Å². The lowest BCUT2D eigenvalue weighted by Gasteiger charge is -2.26. The van der Waals surface area contributed by atoms with Gasteiger partial charge in [-0.3, -0.25) is 4.99 Å². The molecule has 1 atom stereocenters. The quantitative estimate of drug-likeness (QED) is 0.479. The number of aliphatic imine (C=N–C) groups is 2. The number of quaternary nitrogens is 1. The highest BCUT2D eigenvalue weighted by molar-refractivity contribution is 6.05. The van der Waals surface area contributed by atoms with Crippen LogP contribution in [0.3, 0.4) is 0 Å². The molecule has 0 spiro atoms. The number of hydrogen-bond donors (Lipinski definition) is 2. The van der Waals surface area contributed by atoms with Crippen LogP contribution in [0.25, 0.3) is 22.2 Å². The second-order valence-electron chi connectivity index (χ2n) is 7.91. The Bertz CT molecular complexity index is 1460. The van der Waals surface area contributed by atoms with Crippen molar-refractivity contribution in [2.75, 3.05) is 12.4 Å². The average molecular weight is 417 g/mol. The van der Waals surface area contributed by atoms with E-state index in [1.165, 1.54) is 0 Å². The number of nitrogens with two attached hydrogens (primary N) is 1. The summed E-state index contributed by atoms with van der Waals surface area (Å²) in [6.07, 6.45) is 11.5. The van der Waals surface area contributed by atoms with Crippen LogP contribution in [0.2, 0.25) is 0 Å². The summed E-state index contributed by atoms with van der Waals surface area (Å²) in [5.74, 6) is 7.60. The zero-order valence-electron chi connectivity index (χ0n) is 17.5. The lowest BCUT2D eigenvalue weighted by atomic mass is 10.0. The smallest absolute Gasteiger partial charge is 0.265 e. The number of fused-ring (bicyclic) bond motifs is 2. The first-order chi connectivity index (χ1) is 15.7. The van der Waals surface area contributed by atoms with Gasteiger partial charge in [-0.05, 0) is 24.3 Å². The first-order valence-electron chi connectivity index (χ1n) is 10.5. The molecule has 0 fully saturated rings. The molecular weight excluding hydrogens is 396 g/mol. The summed E-state index contributed by atoms with van der Waals surface area (Å²) in [6, 6.07) is 18.5. The maximum Gasteiger partial charge on any atom is 0.265 e. The number of benzene rings is 2. The van der Waals surface area contributed by atoms with Crippen molar-refractivity contribution in [3.8, 4) is 11.3 Å². The van der Waals surface area contributed by atoms with Crippen LogP contribution in [0.5, 0.6) is 0 Å². The lowest BCUT2D eigenvalue weighted by molar-refractivity contribution is -0.750. The third-order valence-corrected chi connectivity index (χ3v) is 6.03. The largest absolute Gasteiger partial charge is 0.388 e. The molecule has 1 aliphatic carbocycles. The average Bonchev–Trinajstić information content (AvgIpc) is 3.10. The molecule has 1 aromatic heterocycles. The second kappa shape index (κ2) is 6.95. The number of nitrogens with zero attached hydrogens (tertiary/aromatic N) is 4. The Labute approximate surface area is 185 Å². The van der Waals surface area contributed by atoms with E-state index in [0.717, 1.165) is 56.2 Å². The molecule has 154 valence electrons. The van der Waals surface area contributed by atoms with Crippen molar-refractivity contribution in [1.29, 1.82) is 0 Å². The summed E-state index contributed by atoms with van der Waals surface area (Å²) < 4.78 is -0.00716. The van der Waals surface area contributed by atoms with Crippen LogP contribution in [0.4, 0.5) is 5.69 Å². The van der Waals surface area contributed by atoms with Gasteiger partial charge in [-0.15, -0.1) is 4.59 Å². The molecule has 6 heteroatoms. The monoisotopic (exact) mass is 417 g/mol. The van der Waals surface area contributed by atoms with Crippen LogP contribution in [-0.2, 0) is 0 Å². The Hall–Kier alpha value is -4.13. The summed E-state index contributed by atoms with van der Waals surface area (Å²) in [4.78, 5) is 14.2. The molecule has 0 amide bonds. The Morgan fingerprint density at radius 3 is 2.59 bits per heavy atom. The molecule has 0 radical (unpaired) electrons. The topological polar surface area (TPSA) is 75.7 Å². The van der Waals surface area contributed by atoms with Crippen LogP contribution >= 0.6 is 0 Å². The fourth-order valence-electron chi connectivity index (χ4n) is 4.27. The molecule has 0 saturated heterocycles. The molecule has 3 N–H and O–H groups in total. The molecule has 32 heavy (non-hydrogen) atoms. The van der Waals surface area contributed by atoms with Crippen LogP contribution < -0.4 is 11.2 Å². The summed E-state index contributed by atoms with van der Waals surface area (Å²) in [5.41, 5.74) is 7.61. The third kappa shape index (κ3) is 2.71. The summed E-state index contributed by atoms with van der Waals surface area (Å²) in [6.45, 7) is 0. The molecule has 0 saturated carbocycles. The highest BCUT2D eigenvalue weighted by atomic mass is 15.6. The van der Waals surface area contributed by atoms with E-state index in [0.29, 0.717) is 0 Å². The second-order valence-corrected chi connectivity index (χ2v) is 7.91. The van der Waals surface area contributed by atoms with E-state index < -0.39 is 0 Å². The third-order valence-electron chi connectivity index (χ3n) is 6.03. The Kier molecular flexibility index (Phi) is 4.04. The number of hydrogen-bond acceptors (Lipinski definition) is 5. The van der Waals surface area contributed by atoms with E-state index in [-0.39, 0.29) is 4.59 Å². The number of pyridine rings is 1. The molecule has 3 aliphatic rings. The number of anilines is 1. The molecule has 3 heterocycles. The maximum absolute atomic E-state index is 6.86. The Morgan fingerprint density at radius 2 is 1.84 bits per heavy atom. The number of amidine groups is 1. The number of nitrogens with one attached hydrogen (secondary N) is 1. The molecule has 1 unspecified atom stereocenters. The van der Waals surface area contributed by atoms with Gasteiger partial charge in [-0.2, -0.15) is 10.8 Å². The molecule has 0 bridgehead atoms. The predicted octanol–water partition coefficient (Wildman–Crippen LogP) is 4.66. The SMILES string of the molecule is CNc1cc(-c2ccccc2)nc2cc(C3=NC(C4=CC=C4)=C4C=NC=C[N+]34N)ccc12. The minimum Gasteiger partial charge on any atom is -0.388 e. The van der Waals surface area contributed by atoms with Gasteiger partial charge < -0.3 is 5.32 Å². The lowest BCUT2D eigenvalue weighted by Crippen LogP contribution is -2.53. The van der Waals surface area contributed by atoms with Gasteiger partial charge >= 0.3 is 0 Å². The minimum atomic E-state index is -0.00716. The van der Waals surface area contributed by atoms with Crippen LogP contribution in [-0.4, -0.2) is 28.7 Å². The molecule has 2 aromatic carbocycles. The summed E-state index contributed by atoms with van der Waals surface area (Å²) in [7, 11) is 1.93. The first kappa shape index (κ1) is 18.6. The zero-order chi connectivity index (χ0) is 21.7. The van der Waals surface area contributed by atoms with Gasteiger partial charge in [0.25, 0.3) is 5.84 Å².